The highest BCUT2D eigenvalue weighted by Crippen LogP contribution is 2.33. The summed E-state index contributed by atoms with van der Waals surface area (Å²) < 4.78 is 3.30. The van der Waals surface area contributed by atoms with Crippen LogP contribution in [-0.2, 0) is 6.54 Å². The first-order valence-corrected chi connectivity index (χ1v) is 9.00. The molecule has 3 aromatic heterocycles. The molecule has 1 aromatic carbocycles. The second-order valence-corrected chi connectivity index (χ2v) is 6.33. The minimum Gasteiger partial charge on any atom is -0.396 e. The van der Waals surface area contributed by atoms with Crippen molar-refractivity contribution in [2.75, 3.05) is 6.61 Å². The van der Waals surface area contributed by atoms with Gasteiger partial charge in [-0.25, -0.2) is 9.20 Å². The van der Waals surface area contributed by atoms with E-state index < -0.39 is 0 Å². The number of rotatable bonds is 6. The number of unbranched alkanes of at least 4 members (excludes halogenated alkanes) is 1. The predicted octanol–water partition coefficient (Wildman–Crippen LogP) is 3.00. The minimum absolute atomic E-state index is 0.112. The second kappa shape index (κ2) is 7.55. The van der Waals surface area contributed by atoms with E-state index in [0.29, 0.717) is 25.1 Å². The number of fused-ring (bicyclic) bond motifs is 1. The van der Waals surface area contributed by atoms with Crippen LogP contribution in [0.15, 0.2) is 71.7 Å². The van der Waals surface area contributed by atoms with E-state index in [2.05, 4.69) is 5.10 Å². The molecule has 6 heteroatoms. The molecule has 0 spiro atoms. The van der Waals surface area contributed by atoms with Crippen molar-refractivity contribution in [2.24, 2.45) is 0 Å². The fraction of sp³-hybridized carbons (Fsp3) is 0.190. The van der Waals surface area contributed by atoms with Crippen LogP contribution in [0, 0.1) is 0 Å². The molecule has 0 atom stereocenters. The van der Waals surface area contributed by atoms with Crippen LogP contribution >= 0.6 is 0 Å². The Labute approximate surface area is 156 Å². The van der Waals surface area contributed by atoms with Gasteiger partial charge in [-0.15, -0.1) is 0 Å². The third kappa shape index (κ3) is 3.39. The van der Waals surface area contributed by atoms with E-state index >= 15 is 0 Å². The van der Waals surface area contributed by atoms with Crippen LogP contribution in [0.3, 0.4) is 0 Å². The molecule has 0 fully saturated rings. The summed E-state index contributed by atoms with van der Waals surface area (Å²) in [6, 6.07) is 19.2. The van der Waals surface area contributed by atoms with Crippen molar-refractivity contribution >= 4 is 5.52 Å². The molecule has 4 rings (SSSR count). The summed E-state index contributed by atoms with van der Waals surface area (Å²) in [7, 11) is 0. The number of benzene rings is 1. The Morgan fingerprint density at radius 1 is 0.889 bits per heavy atom. The normalized spacial score (nSPS) is 11.1. The van der Waals surface area contributed by atoms with E-state index in [0.717, 1.165) is 22.3 Å². The Hall–Kier alpha value is -3.25. The lowest BCUT2D eigenvalue weighted by Gasteiger charge is -2.08. The van der Waals surface area contributed by atoms with Crippen molar-refractivity contribution in [3.8, 4) is 22.5 Å². The maximum absolute atomic E-state index is 12.2. The third-order valence-corrected chi connectivity index (χ3v) is 4.49. The van der Waals surface area contributed by atoms with Gasteiger partial charge in [0.2, 0.25) is 0 Å². The zero-order valence-electron chi connectivity index (χ0n) is 14.8. The standard InChI is InChI=1S/C21H20N4O2/c26-15-7-6-14-25-19(27)12-11-17(22-25)20-18-10-4-5-13-24(18)23-21(20)16-8-2-1-3-9-16/h1-5,8-13,26H,6-7,14-15H2. The summed E-state index contributed by atoms with van der Waals surface area (Å²) >= 11 is 0. The fourth-order valence-corrected chi connectivity index (χ4v) is 3.17. The van der Waals surface area contributed by atoms with E-state index in [-0.39, 0.29) is 12.2 Å². The first-order valence-electron chi connectivity index (χ1n) is 9.00. The topological polar surface area (TPSA) is 72.4 Å². The summed E-state index contributed by atoms with van der Waals surface area (Å²) in [4.78, 5) is 12.2. The van der Waals surface area contributed by atoms with Crippen LogP contribution in [0.25, 0.3) is 28.0 Å². The van der Waals surface area contributed by atoms with Crippen LogP contribution < -0.4 is 5.56 Å². The first kappa shape index (κ1) is 17.2. The average Bonchev–Trinajstić information content (AvgIpc) is 3.10. The molecule has 4 aromatic rings. The average molecular weight is 360 g/mol. The molecule has 0 saturated carbocycles. The maximum atomic E-state index is 12.2. The van der Waals surface area contributed by atoms with Gasteiger partial charge in [-0.05, 0) is 31.0 Å². The van der Waals surface area contributed by atoms with Crippen molar-refractivity contribution in [2.45, 2.75) is 19.4 Å². The molecule has 1 N–H and O–H groups in total. The van der Waals surface area contributed by atoms with Crippen molar-refractivity contribution in [1.82, 2.24) is 19.4 Å². The highest BCUT2D eigenvalue weighted by Gasteiger charge is 2.18. The van der Waals surface area contributed by atoms with Gasteiger partial charge < -0.3 is 5.11 Å². The van der Waals surface area contributed by atoms with E-state index in [4.69, 9.17) is 10.2 Å². The third-order valence-electron chi connectivity index (χ3n) is 4.49. The van der Waals surface area contributed by atoms with Gasteiger partial charge in [-0.3, -0.25) is 4.79 Å². The molecular formula is C21H20N4O2. The van der Waals surface area contributed by atoms with Crippen molar-refractivity contribution in [1.29, 1.82) is 0 Å². The molecule has 0 radical (unpaired) electrons. The first-order chi connectivity index (χ1) is 13.3. The summed E-state index contributed by atoms with van der Waals surface area (Å²) in [5, 5.41) is 18.3. The highest BCUT2D eigenvalue weighted by molar-refractivity contribution is 5.90. The number of aliphatic hydroxyl groups is 1. The lowest BCUT2D eigenvalue weighted by atomic mass is 10.0. The molecule has 6 nitrogen and oxygen atoms in total. The van der Waals surface area contributed by atoms with Crippen molar-refractivity contribution in [3.05, 3.63) is 77.2 Å². The van der Waals surface area contributed by atoms with Gasteiger partial charge in [0.15, 0.2) is 0 Å². The lowest BCUT2D eigenvalue weighted by Crippen LogP contribution is -2.22. The summed E-state index contributed by atoms with van der Waals surface area (Å²) in [5.74, 6) is 0. The van der Waals surface area contributed by atoms with Crippen molar-refractivity contribution in [3.63, 3.8) is 0 Å². The molecular weight excluding hydrogens is 340 g/mol. The molecule has 0 bridgehead atoms. The van der Waals surface area contributed by atoms with Gasteiger partial charge in [-0.2, -0.15) is 10.2 Å². The van der Waals surface area contributed by atoms with Crippen LogP contribution in [0.2, 0.25) is 0 Å². The lowest BCUT2D eigenvalue weighted by molar-refractivity contribution is 0.279. The smallest absolute Gasteiger partial charge is 0.266 e. The zero-order chi connectivity index (χ0) is 18.6. The molecule has 136 valence electrons. The molecule has 0 amide bonds. The van der Waals surface area contributed by atoms with Crippen LogP contribution in [0.4, 0.5) is 0 Å². The van der Waals surface area contributed by atoms with Crippen LogP contribution in [0.5, 0.6) is 0 Å². The quantitative estimate of drug-likeness (QED) is 0.537. The summed E-state index contributed by atoms with van der Waals surface area (Å²) in [6.07, 6.45) is 3.25. The SMILES string of the molecule is O=c1ccc(-c2c(-c3ccccc3)nn3ccccc23)nn1CCCCO. The summed E-state index contributed by atoms with van der Waals surface area (Å²) in [6.45, 7) is 0.591. The number of aliphatic hydroxyl groups excluding tert-OH is 1. The Morgan fingerprint density at radius 3 is 2.52 bits per heavy atom. The molecule has 0 aliphatic rings. The van der Waals surface area contributed by atoms with Crippen LogP contribution in [-0.4, -0.2) is 31.1 Å². The fourth-order valence-electron chi connectivity index (χ4n) is 3.17. The van der Waals surface area contributed by atoms with Gasteiger partial charge >= 0.3 is 0 Å². The number of hydrogen-bond donors (Lipinski definition) is 1. The molecule has 0 aliphatic carbocycles. The molecule has 0 saturated heterocycles. The van der Waals surface area contributed by atoms with Gasteiger partial charge in [0.05, 0.1) is 16.8 Å². The molecule has 0 aliphatic heterocycles. The van der Waals surface area contributed by atoms with E-state index in [9.17, 15) is 4.79 Å². The van der Waals surface area contributed by atoms with Gasteiger partial charge in [0, 0.05) is 31.0 Å². The largest absolute Gasteiger partial charge is 0.396 e. The molecule has 27 heavy (non-hydrogen) atoms. The van der Waals surface area contributed by atoms with E-state index in [1.807, 2.05) is 59.2 Å². The molecule has 0 unspecified atom stereocenters. The number of hydrogen-bond acceptors (Lipinski definition) is 4. The Morgan fingerprint density at radius 2 is 1.70 bits per heavy atom. The summed E-state index contributed by atoms with van der Waals surface area (Å²) in [5.41, 5.74) is 4.22. The van der Waals surface area contributed by atoms with Gasteiger partial charge in [-0.1, -0.05) is 36.4 Å². The van der Waals surface area contributed by atoms with Crippen molar-refractivity contribution < 1.29 is 5.11 Å². The van der Waals surface area contributed by atoms with E-state index in [1.165, 1.54) is 4.68 Å². The number of aromatic nitrogens is 4. The maximum Gasteiger partial charge on any atom is 0.266 e. The zero-order valence-corrected chi connectivity index (χ0v) is 14.8. The monoisotopic (exact) mass is 360 g/mol. The minimum atomic E-state index is -0.144. The number of pyridine rings is 1. The van der Waals surface area contributed by atoms with Gasteiger partial charge in [0.25, 0.3) is 5.56 Å². The molecule has 3 heterocycles. The Bertz CT molecular complexity index is 1120. The van der Waals surface area contributed by atoms with Crippen LogP contribution in [0.1, 0.15) is 12.8 Å². The van der Waals surface area contributed by atoms with Gasteiger partial charge in [0.1, 0.15) is 5.69 Å². The Kier molecular flexibility index (Phi) is 4.80. The number of nitrogens with zero attached hydrogens (tertiary/aromatic N) is 4. The Balaban J connectivity index is 1.88. The second-order valence-electron chi connectivity index (χ2n) is 6.33. The predicted molar refractivity (Wildman–Crippen MR) is 104 cm³/mol. The number of aryl methyl sites for hydroxylation is 1. The van der Waals surface area contributed by atoms with E-state index in [1.54, 1.807) is 12.1 Å². The highest BCUT2D eigenvalue weighted by atomic mass is 16.3.